The molecule has 1 heterocycles. The van der Waals surface area contributed by atoms with Crippen LogP contribution < -0.4 is 16.7 Å². The number of halogens is 1. The average Bonchev–Trinajstić information content (AvgIpc) is 2.96. The van der Waals surface area contributed by atoms with Gasteiger partial charge in [-0.15, -0.1) is 0 Å². The number of aromatic amines is 1. The van der Waals surface area contributed by atoms with Crippen LogP contribution in [0.5, 0.6) is 0 Å². The number of nitrogens with zero attached hydrogens (tertiary/aromatic N) is 1. The van der Waals surface area contributed by atoms with Crippen molar-refractivity contribution < 1.29 is 5.10 Å². The van der Waals surface area contributed by atoms with Crippen LogP contribution in [0.2, 0.25) is 5.02 Å². The third-order valence-corrected chi connectivity index (χ3v) is 3.76. The summed E-state index contributed by atoms with van der Waals surface area (Å²) in [5, 5.41) is 10.3. The van der Waals surface area contributed by atoms with Gasteiger partial charge in [0.1, 0.15) is 5.69 Å². The molecule has 0 fully saturated rings. The van der Waals surface area contributed by atoms with Crippen molar-refractivity contribution in [1.29, 1.82) is 0 Å². The van der Waals surface area contributed by atoms with Gasteiger partial charge in [-0.05, 0) is 12.1 Å². The quantitative estimate of drug-likeness (QED) is 0.252. The van der Waals surface area contributed by atoms with Crippen molar-refractivity contribution in [3.63, 3.8) is 0 Å². The number of aromatic nitrogens is 2. The minimum Gasteiger partial charge on any atom is -0.285 e. The highest BCUT2D eigenvalue weighted by Crippen LogP contribution is 2.34. The van der Waals surface area contributed by atoms with Crippen LogP contribution in [0.25, 0.3) is 22.5 Å². The van der Waals surface area contributed by atoms with E-state index in [9.17, 15) is 0 Å². The summed E-state index contributed by atoms with van der Waals surface area (Å²) in [5.74, 6) is 5.71. The number of hydrogen-bond acceptors (Lipinski definition) is 2. The molecule has 3 aromatic rings. The van der Waals surface area contributed by atoms with Crippen LogP contribution in [0.3, 0.4) is 0 Å². The van der Waals surface area contributed by atoms with Crippen molar-refractivity contribution in [3.05, 3.63) is 65.2 Å². The molecular formula is C16H15ClN5+. The van der Waals surface area contributed by atoms with E-state index in [1.807, 2.05) is 54.6 Å². The van der Waals surface area contributed by atoms with Gasteiger partial charge in [0.05, 0.1) is 16.3 Å². The molecule has 0 aliphatic carbocycles. The van der Waals surface area contributed by atoms with E-state index < -0.39 is 0 Å². The Kier molecular flexibility index (Phi) is 3.80. The van der Waals surface area contributed by atoms with Crippen LogP contribution in [0.15, 0.2) is 54.6 Å². The lowest BCUT2D eigenvalue weighted by Gasteiger charge is -2.01. The molecule has 1 aromatic heterocycles. The number of hydrazone groups is 1. The van der Waals surface area contributed by atoms with Gasteiger partial charge in [0.15, 0.2) is 0 Å². The lowest BCUT2D eigenvalue weighted by atomic mass is 10.1. The number of nitrogens with one attached hydrogen (secondary N) is 2. The summed E-state index contributed by atoms with van der Waals surface area (Å²) in [6.45, 7) is 0. The first-order chi connectivity index (χ1) is 10.7. The molecule has 110 valence electrons. The Balaban J connectivity index is 1.98. The number of rotatable bonds is 3. The third kappa shape index (κ3) is 2.54. The van der Waals surface area contributed by atoms with Gasteiger partial charge < -0.3 is 0 Å². The minimum absolute atomic E-state index is 0.409. The molecule has 0 saturated heterocycles. The number of amidine groups is 1. The second kappa shape index (κ2) is 5.91. The zero-order valence-corrected chi connectivity index (χ0v) is 12.4. The molecular weight excluding hydrogens is 298 g/mol. The molecule has 0 radical (unpaired) electrons. The van der Waals surface area contributed by atoms with Crippen molar-refractivity contribution in [2.45, 2.75) is 0 Å². The SMILES string of the molecule is N/[NH+]=C(\N)c1ccc(-c2[nH]nc(-c3ccccc3)c2Cl)cc1. The highest BCUT2D eigenvalue weighted by molar-refractivity contribution is 6.35. The van der Waals surface area contributed by atoms with E-state index in [4.69, 9.17) is 23.2 Å². The van der Waals surface area contributed by atoms with Crippen molar-refractivity contribution in [2.75, 3.05) is 0 Å². The van der Waals surface area contributed by atoms with Crippen LogP contribution in [-0.4, -0.2) is 16.0 Å². The number of H-pyrrole nitrogens is 1. The first-order valence-electron chi connectivity index (χ1n) is 6.70. The molecule has 6 N–H and O–H groups in total. The Morgan fingerprint density at radius 1 is 1.00 bits per heavy atom. The number of hydrogen-bond donors (Lipinski definition) is 4. The van der Waals surface area contributed by atoms with Gasteiger partial charge in [-0.25, -0.2) is 0 Å². The van der Waals surface area contributed by atoms with E-state index >= 15 is 0 Å². The maximum atomic E-state index is 6.47. The monoisotopic (exact) mass is 312 g/mol. The van der Waals surface area contributed by atoms with E-state index in [1.165, 1.54) is 0 Å². The lowest BCUT2D eigenvalue weighted by Crippen LogP contribution is -2.82. The van der Waals surface area contributed by atoms with Gasteiger partial charge >= 0.3 is 0 Å². The second-order valence-electron chi connectivity index (χ2n) is 4.76. The second-order valence-corrected chi connectivity index (χ2v) is 5.14. The molecule has 0 amide bonds. The van der Waals surface area contributed by atoms with Crippen LogP contribution in [-0.2, 0) is 0 Å². The Morgan fingerprint density at radius 2 is 1.68 bits per heavy atom. The number of hydrazine groups is 1. The van der Waals surface area contributed by atoms with Crippen LogP contribution >= 0.6 is 11.6 Å². The minimum atomic E-state index is 0.409. The van der Waals surface area contributed by atoms with Crippen molar-refractivity contribution in [2.24, 2.45) is 11.6 Å². The predicted octanol–water partition coefficient (Wildman–Crippen LogP) is 1.06. The molecule has 0 aliphatic rings. The lowest BCUT2D eigenvalue weighted by molar-refractivity contribution is -0.469. The molecule has 0 atom stereocenters. The molecule has 0 spiro atoms. The molecule has 0 bridgehead atoms. The highest BCUT2D eigenvalue weighted by atomic mass is 35.5. The van der Waals surface area contributed by atoms with Gasteiger partial charge in [-0.1, -0.05) is 54.1 Å². The fourth-order valence-electron chi connectivity index (χ4n) is 2.21. The van der Waals surface area contributed by atoms with Gasteiger partial charge in [-0.2, -0.15) is 10.2 Å². The van der Waals surface area contributed by atoms with Crippen LogP contribution in [0, 0.1) is 0 Å². The van der Waals surface area contributed by atoms with Gasteiger partial charge in [0, 0.05) is 11.1 Å². The van der Waals surface area contributed by atoms with Gasteiger partial charge in [0.2, 0.25) is 0 Å². The van der Waals surface area contributed by atoms with E-state index in [2.05, 4.69) is 15.3 Å². The first-order valence-corrected chi connectivity index (χ1v) is 7.07. The standard InChI is InChI=1S/C16H14ClN5/c17-13-14(10-4-2-1-3-5-10)21-22-15(13)11-6-8-12(9-7-11)16(18)20-19/h1-9H,19H2,(H2,18,20)(H,21,22)/p+1. The summed E-state index contributed by atoms with van der Waals surface area (Å²) >= 11 is 6.47. The maximum Gasteiger partial charge on any atom is 0.295 e. The predicted molar refractivity (Wildman–Crippen MR) is 87.9 cm³/mol. The fourth-order valence-corrected chi connectivity index (χ4v) is 2.51. The number of nitrogen functional groups attached to an aromatic ring is 1. The third-order valence-electron chi connectivity index (χ3n) is 3.39. The molecule has 6 heteroatoms. The first kappa shape index (κ1) is 14.2. The van der Waals surface area contributed by atoms with E-state index in [0.29, 0.717) is 10.9 Å². The molecule has 2 aromatic carbocycles. The molecule has 22 heavy (non-hydrogen) atoms. The summed E-state index contributed by atoms with van der Waals surface area (Å²) in [6, 6.07) is 17.3. The maximum absolute atomic E-state index is 6.47. The summed E-state index contributed by atoms with van der Waals surface area (Å²) in [7, 11) is 0. The average molecular weight is 313 g/mol. The van der Waals surface area contributed by atoms with Gasteiger partial charge in [0.25, 0.3) is 5.84 Å². The largest absolute Gasteiger partial charge is 0.295 e. The fraction of sp³-hybridized carbons (Fsp3) is 0. The van der Waals surface area contributed by atoms with Crippen molar-refractivity contribution in [1.82, 2.24) is 10.2 Å². The van der Waals surface area contributed by atoms with Gasteiger partial charge in [-0.3, -0.25) is 16.7 Å². The van der Waals surface area contributed by atoms with E-state index in [0.717, 1.165) is 28.1 Å². The normalized spacial score (nSPS) is 11.6. The number of benzene rings is 2. The summed E-state index contributed by atoms with van der Waals surface area (Å²) in [4.78, 5) is 0. The molecule has 5 nitrogen and oxygen atoms in total. The Morgan fingerprint density at radius 3 is 2.32 bits per heavy atom. The van der Waals surface area contributed by atoms with Crippen LogP contribution in [0.4, 0.5) is 0 Å². The Labute approximate surface area is 132 Å². The zero-order chi connectivity index (χ0) is 15.5. The highest BCUT2D eigenvalue weighted by Gasteiger charge is 2.14. The topological polar surface area (TPSA) is 94.7 Å². The zero-order valence-electron chi connectivity index (χ0n) is 11.7. The summed E-state index contributed by atoms with van der Waals surface area (Å²) in [5.41, 5.74) is 9.93. The van der Waals surface area contributed by atoms with Crippen molar-refractivity contribution in [3.8, 4) is 22.5 Å². The van der Waals surface area contributed by atoms with E-state index in [1.54, 1.807) is 0 Å². The molecule has 0 saturated carbocycles. The summed E-state index contributed by atoms with van der Waals surface area (Å²) in [6.07, 6.45) is 0. The van der Waals surface area contributed by atoms with Crippen molar-refractivity contribution >= 4 is 17.4 Å². The Bertz CT molecular complexity index is 806. The Hall–Kier alpha value is -2.79. The van der Waals surface area contributed by atoms with Crippen LogP contribution in [0.1, 0.15) is 5.56 Å². The smallest absolute Gasteiger partial charge is 0.285 e. The van der Waals surface area contributed by atoms with E-state index in [-0.39, 0.29) is 0 Å². The molecule has 0 aliphatic heterocycles. The molecule has 3 rings (SSSR count). The summed E-state index contributed by atoms with van der Waals surface area (Å²) < 4.78 is 0. The molecule has 0 unspecified atom stereocenters. The number of nitrogens with two attached hydrogens (primary N) is 2.